The van der Waals surface area contributed by atoms with Gasteiger partial charge in [-0.25, -0.2) is 0 Å². The van der Waals surface area contributed by atoms with Gasteiger partial charge in [-0.05, 0) is 67.8 Å². The maximum atomic E-state index is 10.5. The summed E-state index contributed by atoms with van der Waals surface area (Å²) >= 11 is 0. The first-order valence-electron chi connectivity index (χ1n) is 15.2. The lowest BCUT2D eigenvalue weighted by Gasteiger charge is -2.29. The van der Waals surface area contributed by atoms with Crippen molar-refractivity contribution in [2.75, 3.05) is 0 Å². The third-order valence-electron chi connectivity index (χ3n) is 8.38. The number of nitrogens with zero attached hydrogens (tertiary/aromatic N) is 2. The SMILES string of the molecule is N#Cc1ccccc1-c1c(-c2ccccc2)c(-c2ccccc2)c(-c2ccccc2C#N)c(-c2ccccc2)c1-c1ccccc1. The molecule has 0 radical (unpaired) electrons. The average Bonchev–Trinajstić information content (AvgIpc) is 3.15. The predicted molar refractivity (Wildman–Crippen MR) is 188 cm³/mol. The highest BCUT2D eigenvalue weighted by Crippen LogP contribution is 2.56. The Bertz CT molecular complexity index is 1970. The second kappa shape index (κ2) is 12.6. The number of benzene rings is 7. The highest BCUT2D eigenvalue weighted by Gasteiger charge is 2.30. The summed E-state index contributed by atoms with van der Waals surface area (Å²) in [7, 11) is 0. The number of hydrogen-bond donors (Lipinski definition) is 0. The van der Waals surface area contributed by atoms with Crippen molar-refractivity contribution in [2.24, 2.45) is 0 Å². The molecule has 0 N–H and O–H groups in total. The van der Waals surface area contributed by atoms with Crippen LogP contribution in [-0.2, 0) is 0 Å². The summed E-state index contributed by atoms with van der Waals surface area (Å²) in [5.41, 5.74) is 13.0. The van der Waals surface area contributed by atoms with Crippen LogP contribution in [0.2, 0.25) is 0 Å². The van der Waals surface area contributed by atoms with Crippen molar-refractivity contribution in [3.05, 3.63) is 181 Å². The minimum atomic E-state index is 0.597. The third-order valence-corrected chi connectivity index (χ3v) is 8.38. The molecular formula is C44H28N2. The van der Waals surface area contributed by atoms with Gasteiger partial charge in [-0.1, -0.05) is 158 Å². The van der Waals surface area contributed by atoms with Gasteiger partial charge in [0.15, 0.2) is 0 Å². The Balaban J connectivity index is 1.87. The summed E-state index contributed by atoms with van der Waals surface area (Å²) in [5.74, 6) is 0. The zero-order chi connectivity index (χ0) is 31.3. The van der Waals surface area contributed by atoms with Crippen molar-refractivity contribution in [2.45, 2.75) is 0 Å². The topological polar surface area (TPSA) is 47.6 Å². The van der Waals surface area contributed by atoms with Gasteiger partial charge in [0.1, 0.15) is 0 Å². The second-order valence-electron chi connectivity index (χ2n) is 11.0. The first-order chi connectivity index (χ1) is 22.8. The molecule has 7 aromatic rings. The van der Waals surface area contributed by atoms with E-state index in [0.29, 0.717) is 11.1 Å². The summed E-state index contributed by atoms with van der Waals surface area (Å²) in [6.07, 6.45) is 0. The molecule has 7 rings (SSSR count). The summed E-state index contributed by atoms with van der Waals surface area (Å²) in [4.78, 5) is 0. The highest BCUT2D eigenvalue weighted by atomic mass is 14.3. The minimum absolute atomic E-state index is 0.597. The molecule has 2 nitrogen and oxygen atoms in total. The van der Waals surface area contributed by atoms with Gasteiger partial charge in [0.25, 0.3) is 0 Å². The van der Waals surface area contributed by atoms with Crippen molar-refractivity contribution in [3.63, 3.8) is 0 Å². The Labute approximate surface area is 269 Å². The molecule has 46 heavy (non-hydrogen) atoms. The van der Waals surface area contributed by atoms with E-state index in [-0.39, 0.29) is 0 Å². The molecule has 214 valence electrons. The van der Waals surface area contributed by atoms with E-state index in [0.717, 1.165) is 66.8 Å². The van der Waals surface area contributed by atoms with Crippen molar-refractivity contribution in [1.29, 1.82) is 10.5 Å². The van der Waals surface area contributed by atoms with E-state index in [1.165, 1.54) is 0 Å². The summed E-state index contributed by atoms with van der Waals surface area (Å²) in [6.45, 7) is 0. The largest absolute Gasteiger partial charge is 0.192 e. The minimum Gasteiger partial charge on any atom is -0.192 e. The number of hydrogen-bond acceptors (Lipinski definition) is 2. The van der Waals surface area contributed by atoms with Crippen LogP contribution in [0.4, 0.5) is 0 Å². The maximum absolute atomic E-state index is 10.5. The van der Waals surface area contributed by atoms with Crippen molar-refractivity contribution < 1.29 is 0 Å². The molecule has 0 heterocycles. The Morgan fingerprint density at radius 1 is 0.261 bits per heavy atom. The van der Waals surface area contributed by atoms with E-state index < -0.39 is 0 Å². The zero-order valence-corrected chi connectivity index (χ0v) is 25.1. The van der Waals surface area contributed by atoms with Crippen molar-refractivity contribution in [1.82, 2.24) is 0 Å². The lowest BCUT2D eigenvalue weighted by Crippen LogP contribution is -2.03. The standard InChI is InChI=1S/C44H28N2/c45-29-35-25-13-15-27-37(35)43-39(31-17-5-1-6-18-31)40(32-19-7-2-8-20-32)44(38-28-16-14-26-36(38)30-46)42(34-23-11-4-12-24-34)41(43)33-21-9-3-10-22-33/h1-28H. The molecule has 0 atom stereocenters. The predicted octanol–water partition coefficient (Wildman–Crippen LogP) is 11.4. The van der Waals surface area contributed by atoms with Crippen LogP contribution < -0.4 is 0 Å². The van der Waals surface area contributed by atoms with E-state index in [1.807, 2.05) is 60.7 Å². The first-order valence-corrected chi connectivity index (χ1v) is 15.2. The number of nitriles is 2. The van der Waals surface area contributed by atoms with Gasteiger partial charge >= 0.3 is 0 Å². The molecule has 0 aliphatic carbocycles. The normalized spacial score (nSPS) is 10.6. The average molecular weight is 585 g/mol. The molecule has 7 aromatic carbocycles. The Morgan fingerprint density at radius 2 is 0.500 bits per heavy atom. The smallest absolute Gasteiger partial charge is 0.0998 e. The monoisotopic (exact) mass is 584 g/mol. The molecule has 0 aliphatic rings. The van der Waals surface area contributed by atoms with Gasteiger partial charge < -0.3 is 0 Å². The van der Waals surface area contributed by atoms with Crippen molar-refractivity contribution in [3.8, 4) is 78.9 Å². The Kier molecular flexibility index (Phi) is 7.77. The van der Waals surface area contributed by atoms with Gasteiger partial charge in [0.05, 0.1) is 23.3 Å². The molecule has 0 amide bonds. The fourth-order valence-electron chi connectivity index (χ4n) is 6.46. The van der Waals surface area contributed by atoms with Crippen molar-refractivity contribution >= 4 is 0 Å². The fraction of sp³-hybridized carbons (Fsp3) is 0. The lowest BCUT2D eigenvalue weighted by molar-refractivity contribution is 1.46. The van der Waals surface area contributed by atoms with Gasteiger partial charge in [-0.3, -0.25) is 0 Å². The zero-order valence-electron chi connectivity index (χ0n) is 25.1. The quantitative estimate of drug-likeness (QED) is 0.195. The molecule has 0 spiro atoms. The Hall–Kier alpha value is -6.48. The summed E-state index contributed by atoms with van der Waals surface area (Å²) in [5, 5.41) is 21.0. The van der Waals surface area contributed by atoms with Crippen LogP contribution in [0.15, 0.2) is 170 Å². The molecule has 0 saturated carbocycles. The highest BCUT2D eigenvalue weighted by molar-refractivity contribution is 6.15. The van der Waals surface area contributed by atoms with Crippen LogP contribution >= 0.6 is 0 Å². The molecule has 0 saturated heterocycles. The van der Waals surface area contributed by atoms with E-state index in [1.54, 1.807) is 0 Å². The number of rotatable bonds is 6. The van der Waals surface area contributed by atoms with E-state index >= 15 is 0 Å². The van der Waals surface area contributed by atoms with E-state index in [4.69, 9.17) is 0 Å². The van der Waals surface area contributed by atoms with Gasteiger partial charge in [0, 0.05) is 11.1 Å². The second-order valence-corrected chi connectivity index (χ2v) is 11.0. The Morgan fingerprint density at radius 3 is 0.761 bits per heavy atom. The third kappa shape index (κ3) is 5.05. The lowest BCUT2D eigenvalue weighted by atomic mass is 9.73. The molecule has 0 aliphatic heterocycles. The van der Waals surface area contributed by atoms with Crippen LogP contribution in [0.5, 0.6) is 0 Å². The molecule has 2 heteroatoms. The molecule has 0 aromatic heterocycles. The van der Waals surface area contributed by atoms with E-state index in [9.17, 15) is 10.5 Å². The first kappa shape index (κ1) is 28.3. The molecular weight excluding hydrogens is 556 g/mol. The fourth-order valence-corrected chi connectivity index (χ4v) is 6.46. The summed E-state index contributed by atoms with van der Waals surface area (Å²) < 4.78 is 0. The maximum Gasteiger partial charge on any atom is 0.0998 e. The van der Waals surface area contributed by atoms with Crippen LogP contribution in [0.3, 0.4) is 0 Å². The van der Waals surface area contributed by atoms with Crippen LogP contribution in [0.25, 0.3) is 66.8 Å². The van der Waals surface area contributed by atoms with Crippen LogP contribution in [0.1, 0.15) is 11.1 Å². The van der Waals surface area contributed by atoms with Gasteiger partial charge in [-0.15, -0.1) is 0 Å². The van der Waals surface area contributed by atoms with E-state index in [2.05, 4.69) is 121 Å². The molecule has 0 unspecified atom stereocenters. The van der Waals surface area contributed by atoms with Gasteiger partial charge in [0.2, 0.25) is 0 Å². The molecule has 0 bridgehead atoms. The van der Waals surface area contributed by atoms with Crippen LogP contribution in [-0.4, -0.2) is 0 Å². The van der Waals surface area contributed by atoms with Gasteiger partial charge in [-0.2, -0.15) is 10.5 Å². The van der Waals surface area contributed by atoms with Crippen LogP contribution in [0, 0.1) is 22.7 Å². The molecule has 0 fully saturated rings. The summed E-state index contributed by atoms with van der Waals surface area (Å²) in [6, 6.07) is 62.3.